The van der Waals surface area contributed by atoms with Gasteiger partial charge < -0.3 is 19.9 Å². The molecule has 0 aliphatic carbocycles. The number of rotatable bonds is 6. The fraction of sp³-hybridized carbons (Fsp3) is 0.273. The summed E-state index contributed by atoms with van der Waals surface area (Å²) in [7, 11) is 0. The Morgan fingerprint density at radius 3 is 2.74 bits per heavy atom. The Kier molecular flexibility index (Phi) is 5.83. The normalized spacial score (nSPS) is 13.9. The molecule has 4 rings (SSSR count). The van der Waals surface area contributed by atoms with Crippen LogP contribution in [0.25, 0.3) is 11.4 Å². The Balaban J connectivity index is 1.43. The summed E-state index contributed by atoms with van der Waals surface area (Å²) in [6.07, 6.45) is 0.855. The number of aromatic nitrogens is 2. The van der Waals surface area contributed by atoms with E-state index in [-0.39, 0.29) is 31.1 Å². The monoisotopic (exact) mass is 421 g/mol. The van der Waals surface area contributed by atoms with Crippen LogP contribution in [0.3, 0.4) is 0 Å². The van der Waals surface area contributed by atoms with E-state index in [4.69, 9.17) is 9.26 Å². The number of amides is 3. The molecule has 1 atom stereocenters. The van der Waals surface area contributed by atoms with E-state index in [9.17, 15) is 9.59 Å². The van der Waals surface area contributed by atoms with Gasteiger partial charge in [0.2, 0.25) is 11.7 Å². The van der Waals surface area contributed by atoms with Crippen molar-refractivity contribution in [1.82, 2.24) is 15.5 Å². The highest BCUT2D eigenvalue weighted by atomic mass is 16.5. The predicted octanol–water partition coefficient (Wildman–Crippen LogP) is 3.58. The van der Waals surface area contributed by atoms with Gasteiger partial charge in [-0.3, -0.25) is 9.69 Å². The number of hydrogen-bond acceptors (Lipinski definition) is 6. The van der Waals surface area contributed by atoms with Gasteiger partial charge in [0.15, 0.2) is 6.61 Å². The number of nitrogens with one attached hydrogen (secondary N) is 2. The van der Waals surface area contributed by atoms with Gasteiger partial charge in [-0.25, -0.2) is 4.79 Å². The maximum Gasteiger partial charge on any atom is 0.319 e. The molecule has 2 N–H and O–H groups in total. The molecular weight excluding hydrogens is 398 g/mol. The third-order valence-electron chi connectivity index (χ3n) is 4.96. The number of nitrogens with zero attached hydrogens (tertiary/aromatic N) is 3. The molecule has 9 nitrogen and oxygen atoms in total. The van der Waals surface area contributed by atoms with Gasteiger partial charge in [-0.15, -0.1) is 0 Å². The lowest BCUT2D eigenvalue weighted by Crippen LogP contribution is -2.38. The third kappa shape index (κ3) is 4.66. The lowest BCUT2D eigenvalue weighted by molar-refractivity contribution is -0.121. The van der Waals surface area contributed by atoms with Crippen LogP contribution >= 0.6 is 0 Å². The lowest BCUT2D eigenvalue weighted by Gasteiger charge is -2.27. The van der Waals surface area contributed by atoms with E-state index in [2.05, 4.69) is 20.8 Å². The zero-order chi connectivity index (χ0) is 21.8. The molecule has 0 saturated carbocycles. The van der Waals surface area contributed by atoms with E-state index in [1.54, 1.807) is 29.2 Å². The number of hydrogen-bond donors (Lipinski definition) is 2. The summed E-state index contributed by atoms with van der Waals surface area (Å²) in [4.78, 5) is 30.2. The number of urea groups is 1. The number of benzene rings is 2. The molecule has 0 saturated heterocycles. The average Bonchev–Trinajstić information content (AvgIpc) is 3.25. The first-order chi connectivity index (χ1) is 15.0. The molecule has 9 heteroatoms. The van der Waals surface area contributed by atoms with Crippen molar-refractivity contribution in [2.75, 3.05) is 16.8 Å². The second kappa shape index (κ2) is 8.86. The minimum absolute atomic E-state index is 0.0307. The Bertz CT molecular complexity index is 1080. The number of carbonyl (C=O) groups is 2. The van der Waals surface area contributed by atoms with Gasteiger partial charge in [-0.05, 0) is 49.7 Å². The van der Waals surface area contributed by atoms with Crippen molar-refractivity contribution in [2.45, 2.75) is 32.9 Å². The maximum atomic E-state index is 12.3. The van der Waals surface area contributed by atoms with Crippen molar-refractivity contribution in [3.05, 3.63) is 54.4 Å². The zero-order valence-corrected chi connectivity index (χ0v) is 17.3. The molecule has 1 aliphatic rings. The van der Waals surface area contributed by atoms with Crippen LogP contribution in [-0.4, -0.2) is 34.7 Å². The van der Waals surface area contributed by atoms with Crippen molar-refractivity contribution >= 4 is 23.3 Å². The zero-order valence-electron chi connectivity index (χ0n) is 17.3. The van der Waals surface area contributed by atoms with Gasteiger partial charge in [0, 0.05) is 17.3 Å². The third-order valence-corrected chi connectivity index (χ3v) is 4.96. The van der Waals surface area contributed by atoms with E-state index in [0.29, 0.717) is 28.8 Å². The fourth-order valence-corrected chi connectivity index (χ4v) is 3.09. The van der Waals surface area contributed by atoms with Crippen LogP contribution in [0.4, 0.5) is 16.2 Å². The predicted molar refractivity (Wildman–Crippen MR) is 115 cm³/mol. The van der Waals surface area contributed by atoms with Gasteiger partial charge in [-0.2, -0.15) is 4.98 Å². The van der Waals surface area contributed by atoms with Gasteiger partial charge in [0.05, 0.1) is 5.69 Å². The van der Waals surface area contributed by atoms with Gasteiger partial charge in [-0.1, -0.05) is 24.2 Å². The molecule has 0 unspecified atom stereocenters. The average molecular weight is 421 g/mol. The molecule has 0 bridgehead atoms. The summed E-state index contributed by atoms with van der Waals surface area (Å²) < 4.78 is 10.8. The summed E-state index contributed by atoms with van der Waals surface area (Å²) >= 11 is 0. The molecule has 3 amide bonds. The fourth-order valence-electron chi connectivity index (χ4n) is 3.09. The first-order valence-corrected chi connectivity index (χ1v) is 10.1. The summed E-state index contributed by atoms with van der Waals surface area (Å²) in [6.45, 7) is 4.07. The Morgan fingerprint density at radius 1 is 1.19 bits per heavy atom. The van der Waals surface area contributed by atoms with E-state index >= 15 is 0 Å². The van der Waals surface area contributed by atoms with Gasteiger partial charge >= 0.3 is 6.03 Å². The SMILES string of the molecule is CC[C@H](C)NC(=O)Nc1ccc(-c2noc(CN3C(=O)COc4ccccc43)n2)cc1. The molecule has 3 aromatic rings. The van der Waals surface area contributed by atoms with Gasteiger partial charge in [0.25, 0.3) is 5.91 Å². The molecular formula is C22H23N5O4. The highest BCUT2D eigenvalue weighted by Gasteiger charge is 2.27. The molecule has 160 valence electrons. The maximum absolute atomic E-state index is 12.3. The Labute approximate surface area is 179 Å². The molecule has 0 radical (unpaired) electrons. The van der Waals surface area contributed by atoms with Crippen molar-refractivity contribution in [3.8, 4) is 17.1 Å². The minimum atomic E-state index is -0.251. The summed E-state index contributed by atoms with van der Waals surface area (Å²) in [5.41, 5.74) is 2.06. The molecule has 1 aliphatic heterocycles. The topological polar surface area (TPSA) is 110 Å². The Hall–Kier alpha value is -3.88. The van der Waals surface area contributed by atoms with Crippen molar-refractivity contribution in [3.63, 3.8) is 0 Å². The molecule has 31 heavy (non-hydrogen) atoms. The standard InChI is InChI=1S/C22H23N5O4/c1-3-14(2)23-22(29)24-16-10-8-15(9-11-16)21-25-19(31-26-21)12-27-17-6-4-5-7-18(17)30-13-20(27)28/h4-11,14H,3,12-13H2,1-2H3,(H2,23,24,29)/t14-/m0/s1. The Morgan fingerprint density at radius 2 is 1.97 bits per heavy atom. The second-order valence-corrected chi connectivity index (χ2v) is 7.23. The van der Waals surface area contributed by atoms with Crippen LogP contribution in [0.1, 0.15) is 26.2 Å². The molecule has 2 heterocycles. The number of anilines is 2. The molecule has 0 spiro atoms. The van der Waals surface area contributed by atoms with Crippen LogP contribution in [0, 0.1) is 0 Å². The van der Waals surface area contributed by atoms with Gasteiger partial charge in [0.1, 0.15) is 12.3 Å². The lowest BCUT2D eigenvalue weighted by atomic mass is 10.2. The highest BCUT2D eigenvalue weighted by Crippen LogP contribution is 2.32. The van der Waals surface area contributed by atoms with Crippen LogP contribution in [-0.2, 0) is 11.3 Å². The second-order valence-electron chi connectivity index (χ2n) is 7.23. The molecule has 1 aromatic heterocycles. The number of carbonyl (C=O) groups excluding carboxylic acids is 2. The van der Waals surface area contributed by atoms with Crippen LogP contribution in [0.15, 0.2) is 53.1 Å². The van der Waals surface area contributed by atoms with Crippen molar-refractivity contribution in [2.24, 2.45) is 0 Å². The summed E-state index contributed by atoms with van der Waals surface area (Å²) in [5.74, 6) is 1.18. The van der Waals surface area contributed by atoms with E-state index in [0.717, 1.165) is 12.0 Å². The van der Waals surface area contributed by atoms with E-state index in [1.807, 2.05) is 38.1 Å². The van der Waals surface area contributed by atoms with E-state index in [1.165, 1.54) is 0 Å². The van der Waals surface area contributed by atoms with Crippen LogP contribution < -0.4 is 20.3 Å². The minimum Gasteiger partial charge on any atom is -0.482 e. The summed E-state index contributed by atoms with van der Waals surface area (Å²) in [5, 5.41) is 9.65. The number of ether oxygens (including phenoxy) is 1. The summed E-state index contributed by atoms with van der Waals surface area (Å²) in [6, 6.07) is 14.3. The van der Waals surface area contributed by atoms with Crippen molar-refractivity contribution < 1.29 is 18.8 Å². The first-order valence-electron chi connectivity index (χ1n) is 10.1. The van der Waals surface area contributed by atoms with E-state index < -0.39 is 0 Å². The molecule has 2 aromatic carbocycles. The van der Waals surface area contributed by atoms with Crippen LogP contribution in [0.2, 0.25) is 0 Å². The molecule has 0 fully saturated rings. The first kappa shape index (κ1) is 20.4. The largest absolute Gasteiger partial charge is 0.482 e. The number of fused-ring (bicyclic) bond motifs is 1. The van der Waals surface area contributed by atoms with Crippen molar-refractivity contribution in [1.29, 1.82) is 0 Å². The number of para-hydroxylation sites is 2. The highest BCUT2D eigenvalue weighted by molar-refractivity contribution is 5.97. The van der Waals surface area contributed by atoms with Crippen LogP contribution in [0.5, 0.6) is 5.75 Å². The quantitative estimate of drug-likeness (QED) is 0.630. The smallest absolute Gasteiger partial charge is 0.319 e.